The molecule has 0 bridgehead atoms. The van der Waals surface area contributed by atoms with Crippen LogP contribution in [-0.4, -0.2) is 34.3 Å². The normalized spacial score (nSPS) is 13.8. The van der Waals surface area contributed by atoms with Crippen LogP contribution in [-0.2, 0) is 9.53 Å². The summed E-state index contributed by atoms with van der Waals surface area (Å²) < 4.78 is 4.27. The second-order valence-corrected chi connectivity index (χ2v) is 3.73. The number of rotatable bonds is 4. The molecule has 7 heteroatoms. The summed E-state index contributed by atoms with van der Waals surface area (Å²) in [5.41, 5.74) is 0.167. The van der Waals surface area contributed by atoms with Crippen LogP contribution < -0.4 is 0 Å². The number of aliphatic hydroxyl groups excluding tert-OH is 2. The third-order valence-corrected chi connectivity index (χ3v) is 2.44. The third-order valence-electron chi connectivity index (χ3n) is 2.44. The summed E-state index contributed by atoms with van der Waals surface area (Å²) in [5.74, 6) is -1.06. The first-order valence-corrected chi connectivity index (χ1v) is 5.07. The first-order chi connectivity index (χ1) is 8.38. The van der Waals surface area contributed by atoms with Crippen molar-refractivity contribution in [2.45, 2.75) is 19.1 Å². The molecule has 18 heavy (non-hydrogen) atoms. The highest BCUT2D eigenvalue weighted by atomic mass is 16.6. The molecule has 0 aromatic heterocycles. The van der Waals surface area contributed by atoms with Crippen LogP contribution in [0.3, 0.4) is 0 Å². The fraction of sp³-hybridized carbons (Fsp3) is 0.364. The minimum absolute atomic E-state index is 0.127. The maximum Gasteiger partial charge on any atom is 0.337 e. The molecule has 0 saturated heterocycles. The Labute approximate surface area is 103 Å². The number of hydrogen-bond acceptors (Lipinski definition) is 6. The van der Waals surface area contributed by atoms with Gasteiger partial charge in [-0.15, -0.1) is 0 Å². The molecular weight excluding hydrogens is 242 g/mol. The Kier molecular flexibility index (Phi) is 4.35. The molecular formula is C11H13NO6. The second-order valence-electron chi connectivity index (χ2n) is 3.73. The number of methoxy groups -OCH3 is 1. The van der Waals surface area contributed by atoms with Crippen LogP contribution in [0.25, 0.3) is 0 Å². The number of hydrogen-bond donors (Lipinski definition) is 2. The van der Waals surface area contributed by atoms with E-state index in [4.69, 9.17) is 0 Å². The molecule has 2 N–H and O–H groups in total. The highest BCUT2D eigenvalue weighted by Crippen LogP contribution is 2.28. The van der Waals surface area contributed by atoms with Crippen molar-refractivity contribution in [3.63, 3.8) is 0 Å². The van der Waals surface area contributed by atoms with Crippen molar-refractivity contribution in [3.8, 4) is 0 Å². The van der Waals surface area contributed by atoms with Gasteiger partial charge in [0.05, 0.1) is 17.6 Å². The van der Waals surface area contributed by atoms with E-state index in [1.165, 1.54) is 18.2 Å². The maximum absolute atomic E-state index is 11.1. The highest BCUT2D eigenvalue weighted by molar-refractivity contribution is 5.75. The Morgan fingerprint density at radius 2 is 2.06 bits per heavy atom. The van der Waals surface area contributed by atoms with E-state index in [2.05, 4.69) is 4.74 Å². The van der Waals surface area contributed by atoms with Crippen LogP contribution in [0.2, 0.25) is 0 Å². The molecule has 1 aromatic carbocycles. The highest BCUT2D eigenvalue weighted by Gasteiger charge is 2.31. The number of benzene rings is 1. The molecule has 1 aromatic rings. The van der Waals surface area contributed by atoms with E-state index < -0.39 is 23.1 Å². The number of ether oxygens (including phenoxy) is 1. The summed E-state index contributed by atoms with van der Waals surface area (Å²) in [5, 5.41) is 30.1. The quantitative estimate of drug-likeness (QED) is 0.459. The molecule has 0 radical (unpaired) electrons. The largest absolute Gasteiger partial charge is 0.467 e. The Morgan fingerprint density at radius 1 is 1.44 bits per heavy atom. The lowest BCUT2D eigenvalue weighted by molar-refractivity contribution is -0.386. The fourth-order valence-electron chi connectivity index (χ4n) is 1.50. The van der Waals surface area contributed by atoms with Crippen LogP contribution in [0.15, 0.2) is 18.2 Å². The van der Waals surface area contributed by atoms with Gasteiger partial charge in [-0.3, -0.25) is 10.1 Å². The molecule has 0 spiro atoms. The summed E-state index contributed by atoms with van der Waals surface area (Å²) in [6, 6.07) is 4.05. The maximum atomic E-state index is 11.1. The Hall–Kier alpha value is -1.99. The van der Waals surface area contributed by atoms with Gasteiger partial charge in [-0.1, -0.05) is 11.6 Å². The topological polar surface area (TPSA) is 110 Å². The van der Waals surface area contributed by atoms with Gasteiger partial charge in [0, 0.05) is 6.07 Å². The molecule has 7 nitrogen and oxygen atoms in total. The van der Waals surface area contributed by atoms with Gasteiger partial charge in [-0.2, -0.15) is 0 Å². The Bertz CT molecular complexity index is 473. The van der Waals surface area contributed by atoms with Gasteiger partial charge in [-0.05, 0) is 13.0 Å². The molecule has 98 valence electrons. The van der Waals surface area contributed by atoms with Crippen LogP contribution in [0.4, 0.5) is 5.69 Å². The molecule has 0 aliphatic rings. The molecule has 0 saturated carbocycles. The molecule has 1 rings (SSSR count). The number of aryl methyl sites for hydroxylation is 1. The average molecular weight is 255 g/mol. The third kappa shape index (κ3) is 2.82. The van der Waals surface area contributed by atoms with E-state index in [0.717, 1.165) is 7.11 Å². The summed E-state index contributed by atoms with van der Waals surface area (Å²) in [7, 11) is 1.04. The lowest BCUT2D eigenvalue weighted by Gasteiger charge is -2.16. The number of carbonyl (C=O) groups excluding carboxylic acids is 1. The molecule has 2 unspecified atom stereocenters. The predicted molar refractivity (Wildman–Crippen MR) is 60.8 cm³/mol. The Balaban J connectivity index is 3.18. The van der Waals surface area contributed by atoms with Gasteiger partial charge in [0.15, 0.2) is 6.10 Å². The molecule has 0 fully saturated rings. The van der Waals surface area contributed by atoms with Gasteiger partial charge in [0.1, 0.15) is 6.10 Å². The van der Waals surface area contributed by atoms with Crippen LogP contribution >= 0.6 is 0 Å². The number of carbonyl (C=O) groups is 1. The van der Waals surface area contributed by atoms with Crippen molar-refractivity contribution in [1.29, 1.82) is 0 Å². The zero-order chi connectivity index (χ0) is 13.9. The number of nitrogens with zero attached hydrogens (tertiary/aromatic N) is 1. The van der Waals surface area contributed by atoms with Crippen molar-refractivity contribution in [2.24, 2.45) is 0 Å². The minimum atomic E-state index is -1.87. The van der Waals surface area contributed by atoms with E-state index in [1.807, 2.05) is 0 Å². The van der Waals surface area contributed by atoms with E-state index in [1.54, 1.807) is 6.92 Å². The van der Waals surface area contributed by atoms with Gasteiger partial charge in [0.25, 0.3) is 5.69 Å². The van der Waals surface area contributed by atoms with Crippen molar-refractivity contribution < 1.29 is 24.7 Å². The van der Waals surface area contributed by atoms with Crippen molar-refractivity contribution in [3.05, 3.63) is 39.4 Å². The van der Waals surface area contributed by atoms with Gasteiger partial charge < -0.3 is 14.9 Å². The van der Waals surface area contributed by atoms with Crippen molar-refractivity contribution >= 4 is 11.7 Å². The fourth-order valence-corrected chi connectivity index (χ4v) is 1.50. The van der Waals surface area contributed by atoms with Gasteiger partial charge in [0.2, 0.25) is 0 Å². The lowest BCUT2D eigenvalue weighted by atomic mass is 10.0. The first kappa shape index (κ1) is 14.1. The molecule has 2 atom stereocenters. The summed E-state index contributed by atoms with van der Waals surface area (Å²) in [6.45, 7) is 1.67. The number of nitro benzene ring substituents is 1. The number of esters is 1. The standard InChI is InChI=1S/C11H13NO6/c1-6-3-4-8(12(16)17)7(5-6)9(13)10(14)11(15)18-2/h3-5,9-10,13-14H,1-2H3. The predicted octanol–water partition coefficient (Wildman–Crippen LogP) is 0.471. The number of nitro groups is 1. The average Bonchev–Trinajstić information content (AvgIpc) is 2.35. The summed E-state index contributed by atoms with van der Waals surface area (Å²) in [6.07, 6.45) is -3.58. The zero-order valence-electron chi connectivity index (χ0n) is 9.86. The minimum Gasteiger partial charge on any atom is -0.467 e. The summed E-state index contributed by atoms with van der Waals surface area (Å²) >= 11 is 0. The second kappa shape index (κ2) is 5.56. The van der Waals surface area contributed by atoms with Crippen LogP contribution in [0, 0.1) is 17.0 Å². The molecule has 0 amide bonds. The molecule has 0 aliphatic heterocycles. The van der Waals surface area contributed by atoms with E-state index in [9.17, 15) is 25.1 Å². The van der Waals surface area contributed by atoms with E-state index in [-0.39, 0.29) is 11.3 Å². The summed E-state index contributed by atoms with van der Waals surface area (Å²) in [4.78, 5) is 21.2. The van der Waals surface area contributed by atoms with Crippen molar-refractivity contribution in [1.82, 2.24) is 0 Å². The lowest BCUT2D eigenvalue weighted by Crippen LogP contribution is -2.29. The monoisotopic (exact) mass is 255 g/mol. The van der Waals surface area contributed by atoms with Crippen molar-refractivity contribution in [2.75, 3.05) is 7.11 Å². The van der Waals surface area contributed by atoms with Gasteiger partial charge in [-0.25, -0.2) is 4.79 Å². The van der Waals surface area contributed by atoms with Gasteiger partial charge >= 0.3 is 5.97 Å². The zero-order valence-corrected chi connectivity index (χ0v) is 9.86. The van der Waals surface area contributed by atoms with E-state index >= 15 is 0 Å². The SMILES string of the molecule is COC(=O)C(O)C(O)c1cc(C)ccc1[N+](=O)[O-]. The smallest absolute Gasteiger partial charge is 0.337 e. The Morgan fingerprint density at radius 3 is 2.56 bits per heavy atom. The molecule has 0 heterocycles. The van der Waals surface area contributed by atoms with Crippen LogP contribution in [0.5, 0.6) is 0 Å². The van der Waals surface area contributed by atoms with E-state index in [0.29, 0.717) is 5.56 Å². The number of aliphatic hydroxyl groups is 2. The molecule has 0 aliphatic carbocycles. The van der Waals surface area contributed by atoms with Crippen LogP contribution in [0.1, 0.15) is 17.2 Å². The first-order valence-electron chi connectivity index (χ1n) is 5.07.